The number of hydrogen-bond acceptors (Lipinski definition) is 3. The molecule has 172 valence electrons. The maximum Gasteiger partial charge on any atom is 0.494 e. The van der Waals surface area contributed by atoms with Gasteiger partial charge < -0.3 is 18.3 Å². The fourth-order valence-electron chi connectivity index (χ4n) is 5.29. The average Bonchev–Trinajstić information content (AvgIpc) is 3.45. The van der Waals surface area contributed by atoms with Crippen molar-refractivity contribution in [3.05, 3.63) is 84.9 Å². The second-order valence-electron chi connectivity index (χ2n) is 10.5. The summed E-state index contributed by atoms with van der Waals surface area (Å²) in [6, 6.07) is 29.7. The largest absolute Gasteiger partial charge is 0.494 e. The van der Waals surface area contributed by atoms with Gasteiger partial charge in [0, 0.05) is 21.8 Å². The van der Waals surface area contributed by atoms with E-state index in [1.807, 2.05) is 12.1 Å². The third-order valence-corrected chi connectivity index (χ3v) is 7.85. The summed E-state index contributed by atoms with van der Waals surface area (Å²) in [6.07, 6.45) is 0. The molecule has 0 spiro atoms. The molecule has 1 aliphatic heterocycles. The Labute approximate surface area is 204 Å². The van der Waals surface area contributed by atoms with Crippen molar-refractivity contribution < 1.29 is 13.7 Å². The normalized spacial score (nSPS) is 17.3. The van der Waals surface area contributed by atoms with Gasteiger partial charge in [-0.15, -0.1) is 0 Å². The Bertz CT molecular complexity index is 1740. The molecule has 0 saturated carbocycles. The summed E-state index contributed by atoms with van der Waals surface area (Å²) < 4.78 is 21.1. The van der Waals surface area contributed by atoms with Gasteiger partial charge in [0.2, 0.25) is 0 Å². The third kappa shape index (κ3) is 2.89. The number of hydrogen-bond donors (Lipinski definition) is 0. The lowest BCUT2D eigenvalue weighted by Crippen LogP contribution is -2.41. The number of rotatable bonds is 2. The summed E-state index contributed by atoms with van der Waals surface area (Å²) in [7, 11) is -0.378. The van der Waals surface area contributed by atoms with Gasteiger partial charge in [-0.05, 0) is 69.6 Å². The molecule has 5 heteroatoms. The Morgan fingerprint density at radius 3 is 2.03 bits per heavy atom. The number of nitrogens with zero attached hydrogens (tertiary/aromatic N) is 1. The average molecular weight is 459 g/mol. The van der Waals surface area contributed by atoms with E-state index in [1.165, 1.54) is 16.3 Å². The monoisotopic (exact) mass is 459 g/mol. The maximum atomic E-state index is 6.28. The Kier molecular flexibility index (Phi) is 4.16. The van der Waals surface area contributed by atoms with Crippen LogP contribution in [-0.2, 0) is 9.31 Å². The van der Waals surface area contributed by atoms with E-state index in [2.05, 4.69) is 105 Å². The molecule has 0 atom stereocenters. The van der Waals surface area contributed by atoms with Crippen molar-refractivity contribution >= 4 is 56.3 Å². The third-order valence-electron chi connectivity index (χ3n) is 7.85. The zero-order chi connectivity index (χ0) is 23.9. The van der Waals surface area contributed by atoms with E-state index in [9.17, 15) is 0 Å². The fraction of sp³-hybridized carbons (Fsp3) is 0.200. The lowest BCUT2D eigenvalue weighted by Gasteiger charge is -2.32. The van der Waals surface area contributed by atoms with Crippen LogP contribution in [0, 0.1) is 0 Å². The highest BCUT2D eigenvalue weighted by Crippen LogP contribution is 2.41. The highest BCUT2D eigenvalue weighted by molar-refractivity contribution is 6.62. The number of para-hydroxylation sites is 2. The Morgan fingerprint density at radius 1 is 0.629 bits per heavy atom. The first-order chi connectivity index (χ1) is 16.8. The predicted octanol–water partition coefficient (Wildman–Crippen LogP) is 6.98. The summed E-state index contributed by atoms with van der Waals surface area (Å²) in [5.74, 6) is 0. The van der Waals surface area contributed by atoms with Gasteiger partial charge >= 0.3 is 7.12 Å². The van der Waals surface area contributed by atoms with Crippen molar-refractivity contribution in [3.63, 3.8) is 0 Å². The van der Waals surface area contributed by atoms with Gasteiger partial charge in [0.05, 0.1) is 27.6 Å². The van der Waals surface area contributed by atoms with Crippen molar-refractivity contribution in [2.75, 3.05) is 0 Å². The summed E-state index contributed by atoms with van der Waals surface area (Å²) in [5, 5.41) is 4.72. The molecule has 0 bridgehead atoms. The lowest BCUT2D eigenvalue weighted by atomic mass is 9.79. The van der Waals surface area contributed by atoms with E-state index in [-0.39, 0.29) is 18.3 Å². The van der Waals surface area contributed by atoms with Crippen molar-refractivity contribution in [2.24, 2.45) is 0 Å². The number of benzene rings is 4. The Morgan fingerprint density at radius 2 is 1.29 bits per heavy atom. The van der Waals surface area contributed by atoms with Crippen LogP contribution < -0.4 is 5.46 Å². The van der Waals surface area contributed by atoms with Crippen LogP contribution in [0.3, 0.4) is 0 Å². The second kappa shape index (κ2) is 7.00. The fourth-order valence-corrected chi connectivity index (χ4v) is 5.29. The minimum atomic E-state index is -0.378. The van der Waals surface area contributed by atoms with E-state index >= 15 is 0 Å². The smallest absolute Gasteiger partial charge is 0.456 e. The molecular weight excluding hydrogens is 433 g/mol. The standard InChI is InChI=1S/C30H26BNO3/c1-29(2)30(3,4)35-31(34-29)19-13-15-20(16-14-19)32-24-11-7-5-9-21(24)22-17-18-26-27(28(22)32)23-10-6-8-12-25(23)33-26/h5-18H,1-4H3. The summed E-state index contributed by atoms with van der Waals surface area (Å²) >= 11 is 0. The first-order valence-corrected chi connectivity index (χ1v) is 12.1. The molecule has 4 aromatic carbocycles. The maximum absolute atomic E-state index is 6.28. The van der Waals surface area contributed by atoms with Gasteiger partial charge in [-0.1, -0.05) is 48.5 Å². The molecule has 1 saturated heterocycles. The molecule has 1 fully saturated rings. The number of furan rings is 1. The highest BCUT2D eigenvalue weighted by Gasteiger charge is 2.51. The van der Waals surface area contributed by atoms with Gasteiger partial charge in [-0.3, -0.25) is 0 Å². The summed E-state index contributed by atoms with van der Waals surface area (Å²) in [5.41, 5.74) is 5.52. The first-order valence-electron chi connectivity index (χ1n) is 12.1. The first kappa shape index (κ1) is 20.8. The van der Waals surface area contributed by atoms with Crippen LogP contribution in [0.25, 0.3) is 49.4 Å². The van der Waals surface area contributed by atoms with Crippen molar-refractivity contribution in [1.29, 1.82) is 0 Å². The predicted molar refractivity (Wildman–Crippen MR) is 144 cm³/mol. The number of aromatic nitrogens is 1. The SMILES string of the molecule is CC1(C)OB(c2ccc(-n3c4ccccc4c4ccc5oc6ccccc6c5c43)cc2)OC1(C)C. The molecule has 2 aromatic heterocycles. The molecule has 7 rings (SSSR count). The lowest BCUT2D eigenvalue weighted by molar-refractivity contribution is 0.00578. The van der Waals surface area contributed by atoms with Gasteiger partial charge in [-0.2, -0.15) is 0 Å². The van der Waals surface area contributed by atoms with Crippen LogP contribution in [0.4, 0.5) is 0 Å². The summed E-state index contributed by atoms with van der Waals surface area (Å²) in [4.78, 5) is 0. The topological polar surface area (TPSA) is 36.5 Å². The van der Waals surface area contributed by atoms with Crippen molar-refractivity contribution in [1.82, 2.24) is 4.57 Å². The van der Waals surface area contributed by atoms with E-state index in [0.717, 1.165) is 38.6 Å². The molecule has 0 unspecified atom stereocenters. The quantitative estimate of drug-likeness (QED) is 0.262. The summed E-state index contributed by atoms with van der Waals surface area (Å²) in [6.45, 7) is 8.33. The van der Waals surface area contributed by atoms with Crippen LogP contribution in [0.5, 0.6) is 0 Å². The Balaban J connectivity index is 1.46. The van der Waals surface area contributed by atoms with Crippen LogP contribution in [-0.4, -0.2) is 22.9 Å². The molecular formula is C30H26BNO3. The van der Waals surface area contributed by atoms with Crippen LogP contribution in [0.15, 0.2) is 89.3 Å². The Hall–Kier alpha value is -3.54. The molecule has 35 heavy (non-hydrogen) atoms. The van der Waals surface area contributed by atoms with Crippen molar-refractivity contribution in [2.45, 2.75) is 38.9 Å². The molecule has 0 N–H and O–H groups in total. The highest BCUT2D eigenvalue weighted by atomic mass is 16.7. The minimum Gasteiger partial charge on any atom is -0.456 e. The van der Waals surface area contributed by atoms with E-state index in [4.69, 9.17) is 13.7 Å². The number of fused-ring (bicyclic) bond motifs is 7. The van der Waals surface area contributed by atoms with E-state index in [0.29, 0.717) is 0 Å². The molecule has 3 heterocycles. The van der Waals surface area contributed by atoms with Gasteiger partial charge in [0.1, 0.15) is 11.2 Å². The van der Waals surface area contributed by atoms with E-state index < -0.39 is 0 Å². The van der Waals surface area contributed by atoms with Crippen molar-refractivity contribution in [3.8, 4) is 5.69 Å². The van der Waals surface area contributed by atoms with Gasteiger partial charge in [0.25, 0.3) is 0 Å². The second-order valence-corrected chi connectivity index (χ2v) is 10.5. The molecule has 0 aliphatic carbocycles. The molecule has 4 nitrogen and oxygen atoms in total. The van der Waals surface area contributed by atoms with Crippen LogP contribution >= 0.6 is 0 Å². The zero-order valence-corrected chi connectivity index (χ0v) is 20.3. The molecule has 1 aliphatic rings. The van der Waals surface area contributed by atoms with E-state index in [1.54, 1.807) is 0 Å². The minimum absolute atomic E-state index is 0.364. The van der Waals surface area contributed by atoms with Crippen LogP contribution in [0.2, 0.25) is 0 Å². The van der Waals surface area contributed by atoms with Crippen LogP contribution in [0.1, 0.15) is 27.7 Å². The zero-order valence-electron chi connectivity index (χ0n) is 20.3. The molecule has 0 radical (unpaired) electrons. The molecule has 0 amide bonds. The van der Waals surface area contributed by atoms with Gasteiger partial charge in [0.15, 0.2) is 0 Å². The van der Waals surface area contributed by atoms with Gasteiger partial charge in [-0.25, -0.2) is 0 Å². The molecule has 6 aromatic rings.